The summed E-state index contributed by atoms with van der Waals surface area (Å²) in [5, 5.41) is 0. The van der Waals surface area contributed by atoms with E-state index < -0.39 is 23.3 Å². The standard InChI is InChI=1S/C7H6F2N2O2/c8-6(9)3-2-11-4(7(10)13)1-5(3)12/h1-2,6H,(H2,10,13)(H,11,12). The van der Waals surface area contributed by atoms with Gasteiger partial charge in [0, 0.05) is 12.3 Å². The first-order chi connectivity index (χ1) is 6.02. The van der Waals surface area contributed by atoms with Crippen molar-refractivity contribution in [2.45, 2.75) is 6.43 Å². The van der Waals surface area contributed by atoms with Gasteiger partial charge in [0.2, 0.25) is 0 Å². The lowest BCUT2D eigenvalue weighted by atomic mass is 10.2. The number of halogens is 2. The van der Waals surface area contributed by atoms with Crippen LogP contribution in [0.2, 0.25) is 0 Å². The number of carbonyl (C=O) groups is 1. The Morgan fingerprint density at radius 3 is 2.54 bits per heavy atom. The van der Waals surface area contributed by atoms with Crippen molar-refractivity contribution >= 4 is 5.91 Å². The minimum absolute atomic E-state index is 0.186. The van der Waals surface area contributed by atoms with E-state index in [0.29, 0.717) is 0 Å². The summed E-state index contributed by atoms with van der Waals surface area (Å²) in [6.07, 6.45) is -2.07. The number of pyridine rings is 1. The predicted octanol–water partition coefficient (Wildman–Crippen LogP) is 0.411. The van der Waals surface area contributed by atoms with Crippen molar-refractivity contribution in [1.82, 2.24) is 4.98 Å². The molecule has 0 saturated carbocycles. The number of primary amides is 1. The summed E-state index contributed by atoms with van der Waals surface area (Å²) in [4.78, 5) is 23.6. The van der Waals surface area contributed by atoms with E-state index in [0.717, 1.165) is 12.3 Å². The lowest BCUT2D eigenvalue weighted by molar-refractivity contribution is 0.0994. The second kappa shape index (κ2) is 3.34. The van der Waals surface area contributed by atoms with Gasteiger partial charge >= 0.3 is 0 Å². The van der Waals surface area contributed by atoms with Crippen LogP contribution in [-0.2, 0) is 0 Å². The van der Waals surface area contributed by atoms with E-state index in [9.17, 15) is 18.4 Å². The fourth-order valence-corrected chi connectivity index (χ4v) is 0.796. The Labute approximate surface area is 71.4 Å². The van der Waals surface area contributed by atoms with E-state index in [1.165, 1.54) is 0 Å². The van der Waals surface area contributed by atoms with Crippen molar-refractivity contribution in [3.8, 4) is 0 Å². The predicted molar refractivity (Wildman–Crippen MR) is 40.5 cm³/mol. The van der Waals surface area contributed by atoms with Crippen LogP contribution >= 0.6 is 0 Å². The van der Waals surface area contributed by atoms with Gasteiger partial charge in [0.1, 0.15) is 5.69 Å². The Morgan fingerprint density at radius 2 is 2.15 bits per heavy atom. The van der Waals surface area contributed by atoms with Gasteiger partial charge in [-0.2, -0.15) is 0 Å². The van der Waals surface area contributed by atoms with Crippen LogP contribution in [0.1, 0.15) is 22.5 Å². The number of nitrogens with one attached hydrogen (secondary N) is 1. The van der Waals surface area contributed by atoms with E-state index in [4.69, 9.17) is 5.73 Å². The summed E-state index contributed by atoms with van der Waals surface area (Å²) in [5.41, 5.74) is 3.05. The normalized spacial score (nSPS) is 10.4. The van der Waals surface area contributed by atoms with Crippen molar-refractivity contribution in [3.05, 3.63) is 33.7 Å². The molecule has 1 rings (SSSR count). The molecule has 1 aromatic heterocycles. The second-order valence-electron chi connectivity index (χ2n) is 2.33. The SMILES string of the molecule is NC(=O)c1cc(=O)c(C(F)F)c[nH]1. The van der Waals surface area contributed by atoms with Crippen molar-refractivity contribution < 1.29 is 13.6 Å². The molecule has 70 valence electrons. The number of hydrogen-bond acceptors (Lipinski definition) is 2. The van der Waals surface area contributed by atoms with E-state index in [-0.39, 0.29) is 5.69 Å². The molecule has 6 heteroatoms. The smallest absolute Gasteiger partial charge is 0.269 e. The molecule has 0 bridgehead atoms. The van der Waals surface area contributed by atoms with Gasteiger partial charge < -0.3 is 10.7 Å². The quantitative estimate of drug-likeness (QED) is 0.705. The molecule has 1 amide bonds. The average molecular weight is 188 g/mol. The molecule has 0 aliphatic heterocycles. The molecule has 0 fully saturated rings. The Balaban J connectivity index is 3.21. The van der Waals surface area contributed by atoms with Crippen molar-refractivity contribution in [3.63, 3.8) is 0 Å². The molecule has 4 nitrogen and oxygen atoms in total. The number of amides is 1. The Hall–Kier alpha value is -1.72. The Bertz CT molecular complexity index is 386. The highest BCUT2D eigenvalue weighted by Gasteiger charge is 2.12. The molecule has 0 aromatic carbocycles. The van der Waals surface area contributed by atoms with E-state index in [1.54, 1.807) is 0 Å². The lowest BCUT2D eigenvalue weighted by Crippen LogP contribution is -2.18. The van der Waals surface area contributed by atoms with Crippen molar-refractivity contribution in [1.29, 1.82) is 0 Å². The van der Waals surface area contributed by atoms with Gasteiger partial charge in [0.25, 0.3) is 12.3 Å². The molecule has 0 unspecified atom stereocenters. The summed E-state index contributed by atoms with van der Waals surface area (Å²) in [7, 11) is 0. The number of carbonyl (C=O) groups excluding carboxylic acids is 1. The van der Waals surface area contributed by atoms with Crippen LogP contribution < -0.4 is 11.2 Å². The molecule has 1 aromatic rings. The monoisotopic (exact) mass is 188 g/mol. The third kappa shape index (κ3) is 1.90. The molecule has 1 heterocycles. The van der Waals surface area contributed by atoms with Crippen LogP contribution in [0, 0.1) is 0 Å². The maximum absolute atomic E-state index is 12.0. The van der Waals surface area contributed by atoms with E-state index in [1.807, 2.05) is 0 Å². The summed E-state index contributed by atoms with van der Waals surface area (Å²) < 4.78 is 24.0. The number of aromatic nitrogens is 1. The highest BCUT2D eigenvalue weighted by molar-refractivity contribution is 5.90. The Kier molecular flexibility index (Phi) is 2.41. The van der Waals surface area contributed by atoms with Crippen molar-refractivity contribution in [2.75, 3.05) is 0 Å². The zero-order chi connectivity index (χ0) is 10.0. The number of H-pyrrole nitrogens is 1. The molecule has 0 spiro atoms. The van der Waals surface area contributed by atoms with Crippen LogP contribution in [0.25, 0.3) is 0 Å². The summed E-state index contributed by atoms with van der Waals surface area (Å²) in [6, 6.07) is 0.754. The van der Waals surface area contributed by atoms with Gasteiger partial charge in [-0.3, -0.25) is 9.59 Å². The molecule has 3 N–H and O–H groups in total. The lowest BCUT2D eigenvalue weighted by Gasteiger charge is -1.99. The van der Waals surface area contributed by atoms with Crippen LogP contribution in [-0.4, -0.2) is 10.9 Å². The zero-order valence-corrected chi connectivity index (χ0v) is 6.38. The minimum atomic E-state index is -2.86. The first-order valence-corrected chi connectivity index (χ1v) is 3.33. The van der Waals surface area contributed by atoms with Crippen LogP contribution in [0.5, 0.6) is 0 Å². The highest BCUT2D eigenvalue weighted by atomic mass is 19.3. The summed E-state index contributed by atoms with van der Waals surface area (Å²) in [5.74, 6) is -0.863. The number of rotatable bonds is 2. The number of hydrogen-bond donors (Lipinski definition) is 2. The highest BCUT2D eigenvalue weighted by Crippen LogP contribution is 2.12. The summed E-state index contributed by atoms with van der Waals surface area (Å²) in [6.45, 7) is 0. The first kappa shape index (κ1) is 9.37. The number of alkyl halides is 2. The molecule has 13 heavy (non-hydrogen) atoms. The molecule has 0 atom stereocenters. The number of aromatic amines is 1. The molecular weight excluding hydrogens is 182 g/mol. The third-order valence-electron chi connectivity index (χ3n) is 1.44. The molecular formula is C7H6F2N2O2. The van der Waals surface area contributed by atoms with Crippen LogP contribution in [0.3, 0.4) is 0 Å². The second-order valence-corrected chi connectivity index (χ2v) is 2.33. The number of nitrogens with two attached hydrogens (primary N) is 1. The molecule has 0 radical (unpaired) electrons. The van der Waals surface area contributed by atoms with Gasteiger partial charge in [-0.1, -0.05) is 0 Å². The van der Waals surface area contributed by atoms with Gasteiger partial charge in [-0.05, 0) is 0 Å². The van der Waals surface area contributed by atoms with E-state index in [2.05, 4.69) is 4.98 Å². The fraction of sp³-hybridized carbons (Fsp3) is 0.143. The molecule has 0 aliphatic carbocycles. The topological polar surface area (TPSA) is 76.0 Å². The van der Waals surface area contributed by atoms with Crippen LogP contribution in [0.15, 0.2) is 17.1 Å². The van der Waals surface area contributed by atoms with Gasteiger partial charge in [-0.25, -0.2) is 8.78 Å². The Morgan fingerprint density at radius 1 is 1.54 bits per heavy atom. The van der Waals surface area contributed by atoms with Crippen LogP contribution in [0.4, 0.5) is 8.78 Å². The largest absolute Gasteiger partial charge is 0.364 e. The fourth-order valence-electron chi connectivity index (χ4n) is 0.796. The molecule has 0 aliphatic rings. The summed E-state index contributed by atoms with van der Waals surface area (Å²) >= 11 is 0. The van der Waals surface area contributed by atoms with Gasteiger partial charge in [0.05, 0.1) is 5.56 Å². The zero-order valence-electron chi connectivity index (χ0n) is 6.38. The first-order valence-electron chi connectivity index (χ1n) is 3.33. The minimum Gasteiger partial charge on any atom is -0.364 e. The van der Waals surface area contributed by atoms with Gasteiger partial charge in [-0.15, -0.1) is 0 Å². The maximum Gasteiger partial charge on any atom is 0.269 e. The molecule has 0 saturated heterocycles. The van der Waals surface area contributed by atoms with E-state index >= 15 is 0 Å². The van der Waals surface area contributed by atoms with Crippen molar-refractivity contribution in [2.24, 2.45) is 5.73 Å². The van der Waals surface area contributed by atoms with Gasteiger partial charge in [0.15, 0.2) is 5.43 Å². The third-order valence-corrected chi connectivity index (χ3v) is 1.44. The maximum atomic E-state index is 12.0. The average Bonchev–Trinajstić information content (AvgIpc) is 2.03.